The van der Waals surface area contributed by atoms with Crippen LogP contribution in [-0.4, -0.2) is 34.8 Å². The molecular weight excluding hydrogens is 208 g/mol. The Morgan fingerprint density at radius 3 is 2.60 bits per heavy atom. The summed E-state index contributed by atoms with van der Waals surface area (Å²) in [6.45, 7) is 3.48. The first kappa shape index (κ1) is 11.9. The van der Waals surface area contributed by atoms with Crippen LogP contribution in [0.2, 0.25) is 0 Å². The molecule has 15 heavy (non-hydrogen) atoms. The number of hydrogen-bond acceptors (Lipinski definition) is 2. The topological polar surface area (TPSA) is 35.5 Å². The molecule has 0 amide bonds. The molecule has 0 aliphatic rings. The van der Waals surface area contributed by atoms with Gasteiger partial charge in [0.2, 0.25) is 0 Å². The third-order valence-electron chi connectivity index (χ3n) is 2.06. The lowest BCUT2D eigenvalue weighted by molar-refractivity contribution is 0.254. The van der Waals surface area contributed by atoms with E-state index in [1.165, 1.54) is 0 Å². The monoisotopic (exact) mass is 224 g/mol. The fourth-order valence-corrected chi connectivity index (χ4v) is 1.59. The molecular formula is C11H16N2OS. The van der Waals surface area contributed by atoms with Crippen LogP contribution in [0.1, 0.15) is 6.92 Å². The maximum atomic E-state index is 8.85. The van der Waals surface area contributed by atoms with Crippen molar-refractivity contribution in [2.45, 2.75) is 6.92 Å². The van der Waals surface area contributed by atoms with Gasteiger partial charge in [-0.05, 0) is 31.3 Å². The summed E-state index contributed by atoms with van der Waals surface area (Å²) in [6, 6.07) is 9.78. The van der Waals surface area contributed by atoms with Gasteiger partial charge in [0.05, 0.1) is 6.61 Å². The molecule has 1 rings (SSSR count). The van der Waals surface area contributed by atoms with E-state index in [0.717, 1.165) is 12.2 Å². The number of nitrogens with one attached hydrogen (secondary N) is 1. The number of anilines is 1. The maximum absolute atomic E-state index is 8.85. The Bertz CT molecular complexity index is 303. The Kier molecular flexibility index (Phi) is 5.07. The van der Waals surface area contributed by atoms with Crippen molar-refractivity contribution in [3.8, 4) is 0 Å². The zero-order valence-electron chi connectivity index (χ0n) is 8.81. The second kappa shape index (κ2) is 6.37. The van der Waals surface area contributed by atoms with Crippen molar-refractivity contribution < 1.29 is 5.11 Å². The Morgan fingerprint density at radius 1 is 1.40 bits per heavy atom. The lowest BCUT2D eigenvalue weighted by Gasteiger charge is -2.23. The first-order valence-corrected chi connectivity index (χ1v) is 5.40. The zero-order valence-corrected chi connectivity index (χ0v) is 9.63. The van der Waals surface area contributed by atoms with Crippen LogP contribution in [0.25, 0.3) is 0 Å². The van der Waals surface area contributed by atoms with Crippen molar-refractivity contribution in [1.82, 2.24) is 4.90 Å². The molecule has 4 heteroatoms. The molecule has 3 nitrogen and oxygen atoms in total. The normalized spacial score (nSPS) is 9.73. The molecule has 0 saturated carbocycles. The molecule has 0 aromatic heterocycles. The SMILES string of the molecule is CCN(CCO)C(=S)Nc1ccccc1. The summed E-state index contributed by atoms with van der Waals surface area (Å²) in [5, 5.41) is 12.6. The molecule has 0 heterocycles. The van der Waals surface area contributed by atoms with Crippen LogP contribution in [0.4, 0.5) is 5.69 Å². The fourth-order valence-electron chi connectivity index (χ4n) is 1.25. The Balaban J connectivity index is 2.54. The van der Waals surface area contributed by atoms with E-state index < -0.39 is 0 Å². The highest BCUT2D eigenvalue weighted by Crippen LogP contribution is 2.06. The van der Waals surface area contributed by atoms with Crippen LogP contribution in [-0.2, 0) is 0 Å². The van der Waals surface area contributed by atoms with E-state index in [0.29, 0.717) is 11.7 Å². The number of hydrogen-bond donors (Lipinski definition) is 2. The van der Waals surface area contributed by atoms with E-state index >= 15 is 0 Å². The standard InChI is InChI=1S/C11H16N2OS/c1-2-13(8-9-14)11(15)12-10-6-4-3-5-7-10/h3-7,14H,2,8-9H2,1H3,(H,12,15). The summed E-state index contributed by atoms with van der Waals surface area (Å²) >= 11 is 5.23. The van der Waals surface area contributed by atoms with E-state index in [9.17, 15) is 0 Å². The van der Waals surface area contributed by atoms with Crippen molar-refractivity contribution in [1.29, 1.82) is 0 Å². The summed E-state index contributed by atoms with van der Waals surface area (Å²) in [5.74, 6) is 0. The van der Waals surface area contributed by atoms with Crippen LogP contribution < -0.4 is 5.32 Å². The predicted molar refractivity (Wildman–Crippen MR) is 67.0 cm³/mol. The maximum Gasteiger partial charge on any atom is 0.173 e. The Hall–Kier alpha value is -1.13. The number of likely N-dealkylation sites (N-methyl/N-ethyl adjacent to an activating group) is 1. The van der Waals surface area contributed by atoms with Gasteiger partial charge in [-0.25, -0.2) is 0 Å². The predicted octanol–water partition coefficient (Wildman–Crippen LogP) is 1.70. The van der Waals surface area contributed by atoms with E-state index in [1.54, 1.807) is 0 Å². The lowest BCUT2D eigenvalue weighted by Crippen LogP contribution is -2.36. The molecule has 0 aliphatic carbocycles. The molecule has 0 aliphatic heterocycles. The van der Waals surface area contributed by atoms with Crippen LogP contribution in [0.15, 0.2) is 30.3 Å². The lowest BCUT2D eigenvalue weighted by atomic mass is 10.3. The number of benzene rings is 1. The van der Waals surface area contributed by atoms with Crippen molar-refractivity contribution in [2.24, 2.45) is 0 Å². The smallest absolute Gasteiger partial charge is 0.173 e. The molecule has 0 atom stereocenters. The zero-order chi connectivity index (χ0) is 11.1. The summed E-state index contributed by atoms with van der Waals surface area (Å²) in [5.41, 5.74) is 0.971. The van der Waals surface area contributed by atoms with Crippen molar-refractivity contribution in [2.75, 3.05) is 25.0 Å². The van der Waals surface area contributed by atoms with Gasteiger partial charge in [-0.3, -0.25) is 0 Å². The number of aliphatic hydroxyl groups is 1. The Morgan fingerprint density at radius 2 is 2.07 bits per heavy atom. The highest BCUT2D eigenvalue weighted by atomic mass is 32.1. The van der Waals surface area contributed by atoms with Gasteiger partial charge in [-0.2, -0.15) is 0 Å². The molecule has 0 radical (unpaired) electrons. The van der Waals surface area contributed by atoms with Crippen molar-refractivity contribution >= 4 is 23.0 Å². The van der Waals surface area contributed by atoms with Gasteiger partial charge >= 0.3 is 0 Å². The Labute approximate surface area is 95.7 Å². The molecule has 1 aromatic carbocycles. The number of para-hydroxylation sites is 1. The second-order valence-corrected chi connectivity index (χ2v) is 3.49. The number of rotatable bonds is 4. The molecule has 0 unspecified atom stereocenters. The minimum Gasteiger partial charge on any atom is -0.395 e. The van der Waals surface area contributed by atoms with Gasteiger partial charge in [-0.1, -0.05) is 18.2 Å². The number of nitrogens with zero attached hydrogens (tertiary/aromatic N) is 1. The molecule has 82 valence electrons. The van der Waals surface area contributed by atoms with Crippen molar-refractivity contribution in [3.05, 3.63) is 30.3 Å². The second-order valence-electron chi connectivity index (χ2n) is 3.10. The summed E-state index contributed by atoms with van der Waals surface area (Å²) in [4.78, 5) is 1.92. The molecule has 0 fully saturated rings. The molecule has 1 aromatic rings. The van der Waals surface area contributed by atoms with E-state index in [1.807, 2.05) is 42.2 Å². The minimum absolute atomic E-state index is 0.116. The fraction of sp³-hybridized carbons (Fsp3) is 0.364. The highest BCUT2D eigenvalue weighted by molar-refractivity contribution is 7.80. The number of aliphatic hydroxyl groups excluding tert-OH is 1. The first-order chi connectivity index (χ1) is 7.27. The third kappa shape index (κ3) is 3.85. The largest absolute Gasteiger partial charge is 0.395 e. The molecule has 0 bridgehead atoms. The molecule has 2 N–H and O–H groups in total. The van der Waals surface area contributed by atoms with E-state index in [2.05, 4.69) is 5.32 Å². The van der Waals surface area contributed by atoms with E-state index in [-0.39, 0.29) is 6.61 Å². The summed E-state index contributed by atoms with van der Waals surface area (Å²) in [7, 11) is 0. The first-order valence-electron chi connectivity index (χ1n) is 4.99. The number of thiocarbonyl (C=S) groups is 1. The van der Waals surface area contributed by atoms with Crippen LogP contribution in [0.3, 0.4) is 0 Å². The quantitative estimate of drug-likeness (QED) is 0.763. The van der Waals surface area contributed by atoms with Gasteiger partial charge in [0.15, 0.2) is 5.11 Å². The van der Waals surface area contributed by atoms with Crippen LogP contribution in [0.5, 0.6) is 0 Å². The van der Waals surface area contributed by atoms with Crippen molar-refractivity contribution in [3.63, 3.8) is 0 Å². The summed E-state index contributed by atoms with van der Waals surface area (Å²) in [6.07, 6.45) is 0. The summed E-state index contributed by atoms with van der Waals surface area (Å²) < 4.78 is 0. The molecule has 0 saturated heterocycles. The van der Waals surface area contributed by atoms with Gasteiger partial charge < -0.3 is 15.3 Å². The average Bonchev–Trinajstić information content (AvgIpc) is 2.27. The highest BCUT2D eigenvalue weighted by Gasteiger charge is 2.05. The van der Waals surface area contributed by atoms with Crippen LogP contribution >= 0.6 is 12.2 Å². The third-order valence-corrected chi connectivity index (χ3v) is 2.42. The van der Waals surface area contributed by atoms with Gasteiger partial charge in [-0.15, -0.1) is 0 Å². The van der Waals surface area contributed by atoms with E-state index in [4.69, 9.17) is 17.3 Å². The van der Waals surface area contributed by atoms with Gasteiger partial charge in [0.1, 0.15) is 0 Å². The molecule has 0 spiro atoms. The minimum atomic E-state index is 0.116. The van der Waals surface area contributed by atoms with Crippen LogP contribution in [0, 0.1) is 0 Å². The average molecular weight is 224 g/mol. The van der Waals surface area contributed by atoms with Gasteiger partial charge in [0, 0.05) is 18.8 Å². The van der Waals surface area contributed by atoms with Gasteiger partial charge in [0.25, 0.3) is 0 Å².